The normalized spacial score (nSPS) is 29.7. The molecule has 19 heavy (non-hydrogen) atoms. The predicted molar refractivity (Wildman–Crippen MR) is 79.0 cm³/mol. The van der Waals surface area contributed by atoms with E-state index in [0.717, 1.165) is 26.1 Å². The third-order valence-electron chi connectivity index (χ3n) is 5.32. The summed E-state index contributed by atoms with van der Waals surface area (Å²) in [5.41, 5.74) is 0.469. The zero-order valence-corrected chi connectivity index (χ0v) is 12.8. The van der Waals surface area contributed by atoms with Gasteiger partial charge in [0.2, 0.25) is 5.91 Å². The van der Waals surface area contributed by atoms with Crippen LogP contribution in [-0.2, 0) is 4.79 Å². The van der Waals surface area contributed by atoms with Crippen LogP contribution in [0.4, 0.5) is 0 Å². The van der Waals surface area contributed by atoms with Gasteiger partial charge in [0.05, 0.1) is 0 Å². The molecule has 1 saturated heterocycles. The Morgan fingerprint density at radius 1 is 1.16 bits per heavy atom. The maximum absolute atomic E-state index is 12.5. The zero-order chi connectivity index (χ0) is 13.9. The molecular formula is C16H30N2O. The van der Waals surface area contributed by atoms with Crippen molar-refractivity contribution < 1.29 is 4.79 Å². The summed E-state index contributed by atoms with van der Waals surface area (Å²) in [6.45, 7) is 9.83. The number of amides is 1. The molecule has 2 N–H and O–H groups in total. The summed E-state index contributed by atoms with van der Waals surface area (Å²) in [6, 6.07) is 0. The van der Waals surface area contributed by atoms with E-state index in [1.807, 2.05) is 0 Å². The van der Waals surface area contributed by atoms with Gasteiger partial charge in [0.1, 0.15) is 0 Å². The Bertz CT molecular complexity index is 319. The quantitative estimate of drug-likeness (QED) is 0.824. The van der Waals surface area contributed by atoms with Crippen molar-refractivity contribution in [1.29, 1.82) is 0 Å². The van der Waals surface area contributed by atoms with E-state index < -0.39 is 0 Å². The van der Waals surface area contributed by atoms with Crippen LogP contribution in [0.3, 0.4) is 0 Å². The van der Waals surface area contributed by atoms with Crippen LogP contribution in [0, 0.1) is 16.7 Å². The average molecular weight is 266 g/mol. The molecule has 3 nitrogen and oxygen atoms in total. The molecule has 0 aromatic rings. The molecule has 1 unspecified atom stereocenters. The lowest BCUT2D eigenvalue weighted by Crippen LogP contribution is -2.47. The third kappa shape index (κ3) is 3.71. The summed E-state index contributed by atoms with van der Waals surface area (Å²) in [4.78, 5) is 12.5. The Morgan fingerprint density at radius 2 is 1.84 bits per heavy atom. The van der Waals surface area contributed by atoms with Gasteiger partial charge in [-0.2, -0.15) is 0 Å². The van der Waals surface area contributed by atoms with Crippen LogP contribution in [0.1, 0.15) is 59.3 Å². The third-order valence-corrected chi connectivity index (χ3v) is 5.32. The van der Waals surface area contributed by atoms with Gasteiger partial charge in [0.25, 0.3) is 0 Å². The molecule has 3 heteroatoms. The molecule has 2 aliphatic rings. The minimum atomic E-state index is 0.178. The highest BCUT2D eigenvalue weighted by Gasteiger charge is 2.37. The van der Waals surface area contributed by atoms with Crippen LogP contribution in [0.25, 0.3) is 0 Å². The fraction of sp³-hybridized carbons (Fsp3) is 0.938. The van der Waals surface area contributed by atoms with Gasteiger partial charge in [-0.15, -0.1) is 0 Å². The highest BCUT2D eigenvalue weighted by atomic mass is 16.1. The van der Waals surface area contributed by atoms with Crippen LogP contribution >= 0.6 is 0 Å². The lowest BCUT2D eigenvalue weighted by atomic mass is 9.68. The number of nitrogens with one attached hydrogen (secondary N) is 2. The topological polar surface area (TPSA) is 41.1 Å². The first-order chi connectivity index (χ1) is 8.93. The largest absolute Gasteiger partial charge is 0.355 e. The van der Waals surface area contributed by atoms with E-state index in [1.165, 1.54) is 32.1 Å². The summed E-state index contributed by atoms with van der Waals surface area (Å²) in [5, 5.41) is 6.64. The van der Waals surface area contributed by atoms with Crippen molar-refractivity contribution in [2.24, 2.45) is 16.7 Å². The molecule has 1 aliphatic carbocycles. The van der Waals surface area contributed by atoms with Crippen molar-refractivity contribution in [3.05, 3.63) is 0 Å². The Hall–Kier alpha value is -0.570. The van der Waals surface area contributed by atoms with Gasteiger partial charge >= 0.3 is 0 Å². The maximum Gasteiger partial charge on any atom is 0.223 e. The van der Waals surface area contributed by atoms with Gasteiger partial charge in [-0.3, -0.25) is 4.79 Å². The molecule has 2 rings (SSSR count). The van der Waals surface area contributed by atoms with Crippen LogP contribution in [-0.4, -0.2) is 25.5 Å². The van der Waals surface area contributed by atoms with Crippen LogP contribution in [0.5, 0.6) is 0 Å². The van der Waals surface area contributed by atoms with Crippen molar-refractivity contribution in [2.45, 2.75) is 59.3 Å². The van der Waals surface area contributed by atoms with E-state index in [9.17, 15) is 4.79 Å². The van der Waals surface area contributed by atoms with Crippen LogP contribution in [0.2, 0.25) is 0 Å². The van der Waals surface area contributed by atoms with E-state index in [0.29, 0.717) is 11.3 Å². The van der Waals surface area contributed by atoms with E-state index in [4.69, 9.17) is 0 Å². The second-order valence-corrected chi connectivity index (χ2v) is 7.57. The molecule has 0 aromatic carbocycles. The molecule has 1 saturated carbocycles. The molecule has 110 valence electrons. The first-order valence-electron chi connectivity index (χ1n) is 7.91. The van der Waals surface area contributed by atoms with E-state index >= 15 is 0 Å². The van der Waals surface area contributed by atoms with Gasteiger partial charge in [-0.1, -0.05) is 33.6 Å². The molecule has 0 bridgehead atoms. The number of hydrogen-bond acceptors (Lipinski definition) is 2. The monoisotopic (exact) mass is 266 g/mol. The summed E-state index contributed by atoms with van der Waals surface area (Å²) in [7, 11) is 0. The molecule has 0 spiro atoms. The second kappa shape index (κ2) is 5.82. The van der Waals surface area contributed by atoms with Crippen molar-refractivity contribution in [2.75, 3.05) is 19.6 Å². The Morgan fingerprint density at radius 3 is 2.47 bits per heavy atom. The highest BCUT2D eigenvalue weighted by molar-refractivity contribution is 5.79. The first-order valence-corrected chi connectivity index (χ1v) is 7.91. The SMILES string of the molecule is CC1(CNC(=O)C2CCCCC2(C)C)CCNCC1. The van der Waals surface area contributed by atoms with Crippen molar-refractivity contribution >= 4 is 5.91 Å². The standard InChI is InChI=1S/C16H30N2O/c1-15(2)7-5-4-6-13(15)14(19)18-12-16(3)8-10-17-11-9-16/h13,17H,4-12H2,1-3H3,(H,18,19). The van der Waals surface area contributed by atoms with Crippen molar-refractivity contribution in [1.82, 2.24) is 10.6 Å². The smallest absolute Gasteiger partial charge is 0.223 e. The molecule has 2 fully saturated rings. The summed E-state index contributed by atoms with van der Waals surface area (Å²) in [5.74, 6) is 0.510. The van der Waals surface area contributed by atoms with Crippen molar-refractivity contribution in [3.63, 3.8) is 0 Å². The molecule has 0 radical (unpaired) electrons. The molecule has 1 atom stereocenters. The van der Waals surface area contributed by atoms with Crippen molar-refractivity contribution in [3.8, 4) is 0 Å². The summed E-state index contributed by atoms with van der Waals surface area (Å²) >= 11 is 0. The Labute approximate surface area is 117 Å². The van der Waals surface area contributed by atoms with E-state index in [2.05, 4.69) is 31.4 Å². The van der Waals surface area contributed by atoms with E-state index in [-0.39, 0.29) is 11.3 Å². The highest BCUT2D eigenvalue weighted by Crippen LogP contribution is 2.40. The van der Waals surface area contributed by atoms with Gasteiger partial charge in [-0.05, 0) is 49.6 Å². The van der Waals surface area contributed by atoms with Gasteiger partial charge < -0.3 is 10.6 Å². The van der Waals surface area contributed by atoms with Gasteiger partial charge in [0.15, 0.2) is 0 Å². The summed E-state index contributed by atoms with van der Waals surface area (Å²) < 4.78 is 0. The minimum absolute atomic E-state index is 0.178. The molecule has 0 aromatic heterocycles. The first kappa shape index (κ1) is 14.8. The predicted octanol–water partition coefficient (Wildman–Crippen LogP) is 2.71. The number of carbonyl (C=O) groups is 1. The molecule has 1 amide bonds. The minimum Gasteiger partial charge on any atom is -0.355 e. The van der Waals surface area contributed by atoms with Crippen LogP contribution < -0.4 is 10.6 Å². The lowest BCUT2D eigenvalue weighted by Gasteiger charge is -2.39. The van der Waals surface area contributed by atoms with E-state index in [1.54, 1.807) is 0 Å². The number of piperidine rings is 1. The van der Waals surface area contributed by atoms with Gasteiger partial charge in [-0.25, -0.2) is 0 Å². The fourth-order valence-corrected chi connectivity index (χ4v) is 3.61. The number of rotatable bonds is 3. The fourth-order valence-electron chi connectivity index (χ4n) is 3.61. The molecular weight excluding hydrogens is 236 g/mol. The average Bonchev–Trinajstić information content (AvgIpc) is 2.36. The number of hydrogen-bond donors (Lipinski definition) is 2. The molecule has 1 aliphatic heterocycles. The zero-order valence-electron chi connectivity index (χ0n) is 12.8. The maximum atomic E-state index is 12.5. The molecule has 1 heterocycles. The summed E-state index contributed by atoms with van der Waals surface area (Å²) in [6.07, 6.45) is 7.08. The Balaban J connectivity index is 1.86. The number of carbonyl (C=O) groups excluding carboxylic acids is 1. The lowest BCUT2D eigenvalue weighted by molar-refractivity contribution is -0.130. The van der Waals surface area contributed by atoms with Gasteiger partial charge in [0, 0.05) is 12.5 Å². The Kier molecular flexibility index (Phi) is 4.54. The van der Waals surface area contributed by atoms with Crippen LogP contribution in [0.15, 0.2) is 0 Å². The second-order valence-electron chi connectivity index (χ2n) is 7.57.